The van der Waals surface area contributed by atoms with Crippen molar-refractivity contribution >= 4 is 15.9 Å². The highest BCUT2D eigenvalue weighted by Crippen LogP contribution is 2.17. The molecule has 7 heteroatoms. The van der Waals surface area contributed by atoms with Gasteiger partial charge in [0.25, 0.3) is 0 Å². The molecule has 0 aliphatic heterocycles. The monoisotopic (exact) mass is 309 g/mol. The number of carbonyl (C=O) groups excluding carboxylic acids is 1. The molecule has 0 amide bonds. The van der Waals surface area contributed by atoms with Gasteiger partial charge >= 0.3 is 10.1 Å². The van der Waals surface area contributed by atoms with Gasteiger partial charge in [-0.3, -0.25) is 0 Å². The number of hydrogen-bond acceptors (Lipinski definition) is 6. The topological polar surface area (TPSA) is 86.5 Å². The molecule has 6 nitrogen and oxygen atoms in total. The summed E-state index contributed by atoms with van der Waals surface area (Å²) in [7, 11) is -3.77. The molecular formula is C14H15NO5S. The van der Waals surface area contributed by atoms with Crippen molar-refractivity contribution in [3.63, 3.8) is 0 Å². The van der Waals surface area contributed by atoms with Crippen molar-refractivity contribution < 1.29 is 21.9 Å². The highest BCUT2D eigenvalue weighted by atomic mass is 32.2. The summed E-state index contributed by atoms with van der Waals surface area (Å²) in [6.07, 6.45) is 2.39. The van der Waals surface area contributed by atoms with Crippen molar-refractivity contribution in [2.45, 2.75) is 25.5 Å². The van der Waals surface area contributed by atoms with Gasteiger partial charge in [0, 0.05) is 12.5 Å². The first-order valence-corrected chi connectivity index (χ1v) is 7.92. The van der Waals surface area contributed by atoms with Gasteiger partial charge in [-0.2, -0.15) is 8.42 Å². The number of ketones is 1. The molecule has 0 radical (unpaired) electrons. The molecule has 0 spiro atoms. The predicted molar refractivity (Wildman–Crippen MR) is 75.2 cm³/mol. The molecule has 0 aliphatic rings. The fourth-order valence-corrected chi connectivity index (χ4v) is 2.68. The van der Waals surface area contributed by atoms with Crippen molar-refractivity contribution in [2.24, 2.45) is 0 Å². The molecule has 21 heavy (non-hydrogen) atoms. The molecule has 2 aromatic rings. The third-order valence-electron chi connectivity index (χ3n) is 2.73. The first kappa shape index (κ1) is 15.2. The molecule has 1 aromatic heterocycles. The number of rotatable bonds is 7. The summed E-state index contributed by atoms with van der Waals surface area (Å²) >= 11 is 0. The zero-order valence-electron chi connectivity index (χ0n) is 11.5. The van der Waals surface area contributed by atoms with Crippen LogP contribution in [0.25, 0.3) is 0 Å². The zero-order valence-corrected chi connectivity index (χ0v) is 12.3. The van der Waals surface area contributed by atoms with Gasteiger partial charge in [-0.25, -0.2) is 0 Å². The predicted octanol–water partition coefficient (Wildman–Crippen LogP) is 2.10. The van der Waals surface area contributed by atoms with Crippen LogP contribution >= 0.6 is 0 Å². The van der Waals surface area contributed by atoms with Crippen LogP contribution in [0.4, 0.5) is 0 Å². The van der Waals surface area contributed by atoms with Crippen LogP contribution in [0.2, 0.25) is 0 Å². The van der Waals surface area contributed by atoms with Crippen molar-refractivity contribution in [1.82, 2.24) is 5.16 Å². The smallest absolute Gasteiger partial charge is 0.315 e. The molecule has 0 atom stereocenters. The Kier molecular flexibility index (Phi) is 4.74. The van der Waals surface area contributed by atoms with E-state index in [0.717, 1.165) is 5.56 Å². The van der Waals surface area contributed by atoms with Gasteiger partial charge in [0.15, 0.2) is 0 Å². The molecule has 0 fully saturated rings. The Morgan fingerprint density at radius 3 is 2.52 bits per heavy atom. The molecule has 0 unspecified atom stereocenters. The second-order valence-electron chi connectivity index (χ2n) is 4.62. The lowest BCUT2D eigenvalue weighted by atomic mass is 10.1. The minimum Gasteiger partial charge on any atom is -0.382 e. The number of aryl methyl sites for hydroxylation is 1. The average molecular weight is 309 g/mol. The lowest BCUT2D eigenvalue weighted by molar-refractivity contribution is -0.116. The van der Waals surface area contributed by atoms with Crippen molar-refractivity contribution in [2.75, 3.05) is 0 Å². The molecule has 0 N–H and O–H groups in total. The normalized spacial score (nSPS) is 11.3. The highest BCUT2D eigenvalue weighted by Gasteiger charge is 2.16. The number of hydrogen-bond donors (Lipinski definition) is 0. The molecule has 0 aliphatic carbocycles. The van der Waals surface area contributed by atoms with Crippen LogP contribution in [0, 0.1) is 0 Å². The van der Waals surface area contributed by atoms with E-state index < -0.39 is 10.1 Å². The summed E-state index contributed by atoms with van der Waals surface area (Å²) < 4.78 is 33.2. The Balaban J connectivity index is 1.97. The first-order chi connectivity index (χ1) is 9.94. The largest absolute Gasteiger partial charge is 0.382 e. The number of benzene rings is 1. The fraction of sp³-hybridized carbons (Fsp3) is 0.286. The van der Waals surface area contributed by atoms with E-state index in [1.54, 1.807) is 24.3 Å². The quantitative estimate of drug-likeness (QED) is 0.728. The second-order valence-corrected chi connectivity index (χ2v) is 6.19. The number of carbonyl (C=O) groups is 1. The Hall–Kier alpha value is -2.15. The average Bonchev–Trinajstić information content (AvgIpc) is 2.89. The Labute approximate surface area is 122 Å². The first-order valence-electron chi connectivity index (χ1n) is 6.34. The molecule has 1 heterocycles. The van der Waals surface area contributed by atoms with Crippen LogP contribution in [0.1, 0.15) is 24.6 Å². The van der Waals surface area contributed by atoms with Gasteiger partial charge in [-0.15, -0.1) is 0 Å². The molecule has 0 bridgehead atoms. The van der Waals surface area contributed by atoms with Crippen LogP contribution in [0.3, 0.4) is 0 Å². The van der Waals surface area contributed by atoms with Gasteiger partial charge in [-0.1, -0.05) is 17.3 Å². The summed E-state index contributed by atoms with van der Waals surface area (Å²) in [5.74, 6) is -0.00846. The second kappa shape index (κ2) is 6.53. The standard InChI is InChI=1S/C14H15NO5S/c1-11(16)2-3-12-4-6-14(7-5-12)20-21(17,18)10-13-8-9-19-15-13/h4-9H,2-3,10H2,1H3. The lowest BCUT2D eigenvalue weighted by Crippen LogP contribution is -2.12. The highest BCUT2D eigenvalue weighted by molar-refractivity contribution is 7.86. The zero-order chi connectivity index (χ0) is 15.3. The molecule has 1 aromatic carbocycles. The third kappa shape index (κ3) is 5.03. The molecular weight excluding hydrogens is 294 g/mol. The van der Waals surface area contributed by atoms with Crippen LogP contribution in [0.15, 0.2) is 41.1 Å². The number of nitrogens with zero attached hydrogens (tertiary/aromatic N) is 1. The molecule has 0 saturated heterocycles. The van der Waals surface area contributed by atoms with E-state index in [1.165, 1.54) is 19.3 Å². The summed E-state index contributed by atoms with van der Waals surface area (Å²) in [5.41, 5.74) is 1.24. The maximum atomic E-state index is 11.8. The Morgan fingerprint density at radius 2 is 1.95 bits per heavy atom. The maximum absolute atomic E-state index is 11.8. The van der Waals surface area contributed by atoms with E-state index in [2.05, 4.69) is 9.68 Å². The van der Waals surface area contributed by atoms with Gasteiger partial charge in [-0.05, 0) is 31.0 Å². The van der Waals surface area contributed by atoms with Crippen molar-refractivity contribution in [3.8, 4) is 5.75 Å². The van der Waals surface area contributed by atoms with E-state index in [9.17, 15) is 13.2 Å². The van der Waals surface area contributed by atoms with E-state index in [0.29, 0.717) is 12.8 Å². The number of aromatic nitrogens is 1. The van der Waals surface area contributed by atoms with E-state index in [1.807, 2.05) is 0 Å². The summed E-state index contributed by atoms with van der Waals surface area (Å²) in [5, 5.41) is 3.53. The minimum atomic E-state index is -3.77. The van der Waals surface area contributed by atoms with Crippen LogP contribution in [0.5, 0.6) is 5.75 Å². The van der Waals surface area contributed by atoms with Crippen LogP contribution in [-0.2, 0) is 27.1 Å². The van der Waals surface area contributed by atoms with Crippen molar-refractivity contribution in [1.29, 1.82) is 0 Å². The Bertz CT molecular complexity index is 689. The Morgan fingerprint density at radius 1 is 1.24 bits per heavy atom. The fourth-order valence-electron chi connectivity index (χ4n) is 1.70. The lowest BCUT2D eigenvalue weighted by Gasteiger charge is -2.06. The van der Waals surface area contributed by atoms with Gasteiger partial charge in [0.2, 0.25) is 0 Å². The van der Waals surface area contributed by atoms with Gasteiger partial charge < -0.3 is 13.5 Å². The van der Waals surface area contributed by atoms with Crippen molar-refractivity contribution in [3.05, 3.63) is 47.9 Å². The maximum Gasteiger partial charge on any atom is 0.315 e. The number of Topliss-reactive ketones (excluding diaryl/α,β-unsaturated/α-hetero) is 1. The molecule has 2 rings (SSSR count). The van der Waals surface area contributed by atoms with E-state index in [-0.39, 0.29) is 23.0 Å². The molecule has 0 saturated carbocycles. The van der Waals surface area contributed by atoms with Crippen LogP contribution in [-0.4, -0.2) is 19.4 Å². The minimum absolute atomic E-state index is 0.116. The SMILES string of the molecule is CC(=O)CCc1ccc(OS(=O)(=O)Cc2ccon2)cc1. The summed E-state index contributed by atoms with van der Waals surface area (Å²) in [6.45, 7) is 1.54. The summed E-state index contributed by atoms with van der Waals surface area (Å²) in [4.78, 5) is 10.9. The van der Waals surface area contributed by atoms with E-state index >= 15 is 0 Å². The van der Waals surface area contributed by atoms with Gasteiger partial charge in [0.05, 0.1) is 0 Å². The summed E-state index contributed by atoms with van der Waals surface area (Å²) in [6, 6.07) is 8.07. The van der Waals surface area contributed by atoms with E-state index in [4.69, 9.17) is 4.18 Å². The third-order valence-corrected chi connectivity index (χ3v) is 3.82. The molecule has 112 valence electrons. The van der Waals surface area contributed by atoms with Gasteiger partial charge in [0.1, 0.15) is 29.2 Å². The van der Waals surface area contributed by atoms with Crippen LogP contribution < -0.4 is 4.18 Å².